The summed E-state index contributed by atoms with van der Waals surface area (Å²) in [5, 5.41) is -0.0678. The van der Waals surface area contributed by atoms with Gasteiger partial charge in [0.05, 0.1) is 18.7 Å². The van der Waals surface area contributed by atoms with Gasteiger partial charge in [-0.3, -0.25) is 14.4 Å². The number of aromatic amines is 1. The largest absolute Gasteiger partial charge is 0.367 e. The number of hydrogen-bond donors (Lipinski definition) is 2. The molecule has 1 aromatic rings. The molecule has 0 aromatic carbocycles. The SMILES string of the molecule is CC1(C(N)=O)CN(C(=O)c2c[nH]c(=O)c(Cl)c2)CCO1. The molecule has 1 aromatic heterocycles. The van der Waals surface area contributed by atoms with E-state index in [0.29, 0.717) is 6.54 Å². The van der Waals surface area contributed by atoms with Crippen LogP contribution >= 0.6 is 11.6 Å². The van der Waals surface area contributed by atoms with E-state index in [1.165, 1.54) is 24.1 Å². The third-order valence-electron chi connectivity index (χ3n) is 3.19. The highest BCUT2D eigenvalue weighted by molar-refractivity contribution is 6.30. The minimum absolute atomic E-state index is 0.0535. The predicted molar refractivity (Wildman–Crippen MR) is 71.5 cm³/mol. The molecule has 1 unspecified atom stereocenters. The topological polar surface area (TPSA) is 105 Å². The Bertz CT molecular complexity index is 615. The van der Waals surface area contributed by atoms with Crippen molar-refractivity contribution in [3.8, 4) is 0 Å². The second-order valence-corrected chi connectivity index (χ2v) is 5.14. The van der Waals surface area contributed by atoms with Crippen LogP contribution in [0.3, 0.4) is 0 Å². The van der Waals surface area contributed by atoms with Crippen LogP contribution in [0.15, 0.2) is 17.1 Å². The monoisotopic (exact) mass is 299 g/mol. The van der Waals surface area contributed by atoms with Gasteiger partial charge >= 0.3 is 0 Å². The standard InChI is InChI=1S/C12H14ClN3O4/c1-12(11(14)19)6-16(2-3-20-12)10(18)7-4-8(13)9(17)15-5-7/h4-5H,2-3,6H2,1H3,(H2,14,19)(H,15,17). The van der Waals surface area contributed by atoms with Gasteiger partial charge in [0, 0.05) is 12.7 Å². The lowest BCUT2D eigenvalue weighted by Gasteiger charge is -2.38. The summed E-state index contributed by atoms with van der Waals surface area (Å²) in [7, 11) is 0. The number of rotatable bonds is 2. The molecule has 1 aliphatic heterocycles. The number of aromatic nitrogens is 1. The number of primary amides is 1. The van der Waals surface area contributed by atoms with Crippen LogP contribution in [0.1, 0.15) is 17.3 Å². The maximum absolute atomic E-state index is 12.3. The molecule has 108 valence electrons. The van der Waals surface area contributed by atoms with E-state index in [2.05, 4.69) is 4.98 Å². The van der Waals surface area contributed by atoms with Crippen molar-refractivity contribution < 1.29 is 14.3 Å². The number of nitrogens with one attached hydrogen (secondary N) is 1. The fourth-order valence-electron chi connectivity index (χ4n) is 1.95. The average molecular weight is 300 g/mol. The van der Waals surface area contributed by atoms with Crippen molar-refractivity contribution >= 4 is 23.4 Å². The van der Waals surface area contributed by atoms with Crippen LogP contribution in [-0.2, 0) is 9.53 Å². The van der Waals surface area contributed by atoms with Gasteiger partial charge in [0.15, 0.2) is 5.60 Å². The molecule has 0 aliphatic carbocycles. The highest BCUT2D eigenvalue weighted by Gasteiger charge is 2.39. The van der Waals surface area contributed by atoms with Crippen molar-refractivity contribution in [2.24, 2.45) is 5.73 Å². The van der Waals surface area contributed by atoms with E-state index in [1.807, 2.05) is 0 Å². The molecule has 1 saturated heterocycles. The van der Waals surface area contributed by atoms with E-state index in [-0.39, 0.29) is 29.6 Å². The molecule has 0 bridgehead atoms. The van der Waals surface area contributed by atoms with Gasteiger partial charge in [-0.2, -0.15) is 0 Å². The zero-order valence-corrected chi connectivity index (χ0v) is 11.6. The smallest absolute Gasteiger partial charge is 0.266 e. The van der Waals surface area contributed by atoms with Gasteiger partial charge in [-0.25, -0.2) is 0 Å². The third kappa shape index (κ3) is 2.68. The van der Waals surface area contributed by atoms with E-state index in [0.717, 1.165) is 0 Å². The van der Waals surface area contributed by atoms with Crippen molar-refractivity contribution in [2.75, 3.05) is 19.7 Å². The summed E-state index contributed by atoms with van der Waals surface area (Å²) in [6, 6.07) is 1.29. The van der Waals surface area contributed by atoms with Crippen molar-refractivity contribution in [1.29, 1.82) is 0 Å². The number of nitrogens with two attached hydrogens (primary N) is 1. The van der Waals surface area contributed by atoms with Crippen LogP contribution in [0.2, 0.25) is 5.02 Å². The van der Waals surface area contributed by atoms with Gasteiger partial charge in [0.2, 0.25) is 0 Å². The lowest BCUT2D eigenvalue weighted by molar-refractivity contribution is -0.150. The Balaban J connectivity index is 2.22. The second kappa shape index (κ2) is 5.26. The molecule has 20 heavy (non-hydrogen) atoms. The Kier molecular flexibility index (Phi) is 3.82. The van der Waals surface area contributed by atoms with Gasteiger partial charge in [-0.15, -0.1) is 0 Å². The van der Waals surface area contributed by atoms with Crippen molar-refractivity contribution in [3.63, 3.8) is 0 Å². The quantitative estimate of drug-likeness (QED) is 0.785. The van der Waals surface area contributed by atoms with Gasteiger partial charge < -0.3 is 20.4 Å². The summed E-state index contributed by atoms with van der Waals surface area (Å²) < 4.78 is 5.33. The van der Waals surface area contributed by atoms with E-state index in [4.69, 9.17) is 22.1 Å². The zero-order valence-electron chi connectivity index (χ0n) is 10.8. The van der Waals surface area contributed by atoms with E-state index in [1.54, 1.807) is 0 Å². The third-order valence-corrected chi connectivity index (χ3v) is 3.47. The normalized spacial score (nSPS) is 22.6. The molecular formula is C12H14ClN3O4. The summed E-state index contributed by atoms with van der Waals surface area (Å²) in [5.74, 6) is -0.978. The number of H-pyrrole nitrogens is 1. The molecular weight excluding hydrogens is 286 g/mol. The zero-order chi connectivity index (χ0) is 14.9. The lowest BCUT2D eigenvalue weighted by Crippen LogP contribution is -2.58. The van der Waals surface area contributed by atoms with E-state index < -0.39 is 17.1 Å². The van der Waals surface area contributed by atoms with Crippen molar-refractivity contribution in [2.45, 2.75) is 12.5 Å². The Morgan fingerprint density at radius 1 is 1.55 bits per heavy atom. The molecule has 1 aliphatic rings. The number of morpholine rings is 1. The first-order valence-corrected chi connectivity index (χ1v) is 6.33. The molecule has 3 N–H and O–H groups in total. The summed E-state index contributed by atoms with van der Waals surface area (Å²) in [6.07, 6.45) is 1.29. The fraction of sp³-hybridized carbons (Fsp3) is 0.417. The number of nitrogens with zero attached hydrogens (tertiary/aromatic N) is 1. The summed E-state index contributed by atoms with van der Waals surface area (Å²) >= 11 is 5.69. The minimum atomic E-state index is -1.21. The van der Waals surface area contributed by atoms with E-state index >= 15 is 0 Å². The highest BCUT2D eigenvalue weighted by Crippen LogP contribution is 2.19. The lowest BCUT2D eigenvalue weighted by atomic mass is 10.0. The predicted octanol–water partition coefficient (Wildman–Crippen LogP) is -0.255. The minimum Gasteiger partial charge on any atom is -0.367 e. The molecule has 7 nitrogen and oxygen atoms in total. The van der Waals surface area contributed by atoms with E-state index in [9.17, 15) is 14.4 Å². The van der Waals surface area contributed by atoms with Crippen molar-refractivity contribution in [1.82, 2.24) is 9.88 Å². The summed E-state index contributed by atoms with van der Waals surface area (Å²) in [5.41, 5.74) is 3.84. The molecule has 8 heteroatoms. The van der Waals surface area contributed by atoms with Crippen LogP contribution in [0, 0.1) is 0 Å². The Morgan fingerprint density at radius 3 is 2.85 bits per heavy atom. The first kappa shape index (κ1) is 14.5. The summed E-state index contributed by atoms with van der Waals surface area (Å²) in [6.45, 7) is 2.13. The first-order chi connectivity index (χ1) is 9.33. The number of hydrogen-bond acceptors (Lipinski definition) is 4. The molecule has 2 rings (SSSR count). The number of carbonyl (C=O) groups is 2. The number of amides is 2. The van der Waals surface area contributed by atoms with Gasteiger partial charge in [0.25, 0.3) is 17.4 Å². The molecule has 2 amide bonds. The maximum atomic E-state index is 12.3. The maximum Gasteiger partial charge on any atom is 0.266 e. The first-order valence-electron chi connectivity index (χ1n) is 5.95. The van der Waals surface area contributed by atoms with Crippen LogP contribution < -0.4 is 11.3 Å². The van der Waals surface area contributed by atoms with Gasteiger partial charge in [-0.05, 0) is 13.0 Å². The second-order valence-electron chi connectivity index (χ2n) is 4.74. The summed E-state index contributed by atoms with van der Waals surface area (Å²) in [4.78, 5) is 38.7. The molecule has 2 heterocycles. The highest BCUT2D eigenvalue weighted by atomic mass is 35.5. The molecule has 0 spiro atoms. The molecule has 1 fully saturated rings. The average Bonchev–Trinajstić information content (AvgIpc) is 2.41. The molecule has 1 atom stereocenters. The Hall–Kier alpha value is -1.86. The van der Waals surface area contributed by atoms with Crippen LogP contribution in [0.5, 0.6) is 0 Å². The van der Waals surface area contributed by atoms with Gasteiger partial charge in [-0.1, -0.05) is 11.6 Å². The molecule has 0 saturated carbocycles. The van der Waals surface area contributed by atoms with Crippen molar-refractivity contribution in [3.05, 3.63) is 33.2 Å². The number of carbonyl (C=O) groups excluding carboxylic acids is 2. The Labute approximate surface area is 119 Å². The van der Waals surface area contributed by atoms with Crippen LogP contribution in [0.4, 0.5) is 0 Å². The molecule has 0 radical (unpaired) electrons. The van der Waals surface area contributed by atoms with Crippen LogP contribution in [0.25, 0.3) is 0 Å². The number of ether oxygens (including phenoxy) is 1. The van der Waals surface area contributed by atoms with Gasteiger partial charge in [0.1, 0.15) is 5.02 Å². The Morgan fingerprint density at radius 2 is 2.25 bits per heavy atom. The fourth-order valence-corrected chi connectivity index (χ4v) is 2.13. The number of halogens is 1. The van der Waals surface area contributed by atoms with Crippen LogP contribution in [-0.4, -0.2) is 47.0 Å². The number of pyridine rings is 1.